The van der Waals surface area contributed by atoms with E-state index < -0.39 is 0 Å². The van der Waals surface area contributed by atoms with E-state index in [9.17, 15) is 9.59 Å². The van der Waals surface area contributed by atoms with Gasteiger partial charge >= 0.3 is 6.03 Å². The SMILES string of the molecule is CC(C)(C)NC(=O)N(CCCN1CCOCC1)CC(=O)N(Cc1ccccc1)Cc1ccco1. The molecule has 1 aliphatic rings. The standard InChI is InChI=1S/C26H38N4O4/c1-26(2,3)27-25(32)29(13-8-12-28-14-17-33-18-15-28)21-24(31)30(20-23-11-7-16-34-23)19-22-9-5-4-6-10-22/h4-7,9-11,16H,8,12-15,17-21H2,1-3H3,(H,27,32). The monoisotopic (exact) mass is 470 g/mol. The lowest BCUT2D eigenvalue weighted by Gasteiger charge is -2.31. The minimum Gasteiger partial charge on any atom is -0.467 e. The minimum absolute atomic E-state index is 0.0125. The highest BCUT2D eigenvalue weighted by molar-refractivity contribution is 5.84. The number of hydrogen-bond donors (Lipinski definition) is 1. The molecule has 1 aromatic carbocycles. The average Bonchev–Trinajstić information content (AvgIpc) is 3.31. The summed E-state index contributed by atoms with van der Waals surface area (Å²) in [7, 11) is 0. The molecular formula is C26H38N4O4. The number of nitrogens with zero attached hydrogens (tertiary/aromatic N) is 3. The van der Waals surface area contributed by atoms with Crippen LogP contribution in [0.3, 0.4) is 0 Å². The van der Waals surface area contributed by atoms with Crippen molar-refractivity contribution < 1.29 is 18.7 Å². The van der Waals surface area contributed by atoms with Gasteiger partial charge in [-0.25, -0.2) is 4.79 Å². The molecule has 0 saturated carbocycles. The van der Waals surface area contributed by atoms with Crippen LogP contribution in [0.1, 0.15) is 38.5 Å². The predicted molar refractivity (Wildman–Crippen MR) is 131 cm³/mol. The smallest absolute Gasteiger partial charge is 0.318 e. The zero-order chi connectivity index (χ0) is 24.4. The maximum Gasteiger partial charge on any atom is 0.318 e. The number of furan rings is 1. The van der Waals surface area contributed by atoms with Crippen molar-refractivity contribution in [2.75, 3.05) is 45.9 Å². The molecule has 1 N–H and O–H groups in total. The first-order valence-corrected chi connectivity index (χ1v) is 12.0. The van der Waals surface area contributed by atoms with Gasteiger partial charge in [0.15, 0.2) is 0 Å². The molecule has 0 spiro atoms. The summed E-state index contributed by atoms with van der Waals surface area (Å²) in [5.41, 5.74) is 0.640. The Hall–Kier alpha value is -2.84. The van der Waals surface area contributed by atoms with Gasteiger partial charge in [-0.2, -0.15) is 0 Å². The summed E-state index contributed by atoms with van der Waals surface area (Å²) in [6.45, 7) is 11.3. The molecule has 0 radical (unpaired) electrons. The molecular weight excluding hydrogens is 432 g/mol. The zero-order valence-corrected chi connectivity index (χ0v) is 20.7. The van der Waals surface area contributed by atoms with E-state index in [2.05, 4.69) is 10.2 Å². The van der Waals surface area contributed by atoms with E-state index in [1.807, 2.05) is 63.2 Å². The Morgan fingerprint density at radius 1 is 1.00 bits per heavy atom. The van der Waals surface area contributed by atoms with Gasteiger partial charge in [0.1, 0.15) is 12.3 Å². The van der Waals surface area contributed by atoms with Crippen molar-refractivity contribution >= 4 is 11.9 Å². The highest BCUT2D eigenvalue weighted by Gasteiger charge is 2.25. The molecule has 34 heavy (non-hydrogen) atoms. The van der Waals surface area contributed by atoms with Crippen molar-refractivity contribution in [1.29, 1.82) is 0 Å². The lowest BCUT2D eigenvalue weighted by molar-refractivity contribution is -0.133. The number of amides is 3. The van der Waals surface area contributed by atoms with Crippen LogP contribution < -0.4 is 5.32 Å². The number of ether oxygens (including phenoxy) is 1. The van der Waals surface area contributed by atoms with Crippen LogP contribution in [0, 0.1) is 0 Å². The molecule has 8 heteroatoms. The normalized spacial score (nSPS) is 14.6. The quantitative estimate of drug-likeness (QED) is 0.576. The van der Waals surface area contributed by atoms with E-state index >= 15 is 0 Å². The number of urea groups is 1. The van der Waals surface area contributed by atoms with Gasteiger partial charge in [-0.15, -0.1) is 0 Å². The Labute approximate surface area is 202 Å². The van der Waals surface area contributed by atoms with Gasteiger partial charge in [-0.1, -0.05) is 30.3 Å². The molecule has 0 atom stereocenters. The molecule has 1 aromatic heterocycles. The van der Waals surface area contributed by atoms with Crippen LogP contribution in [0.5, 0.6) is 0 Å². The lowest BCUT2D eigenvalue weighted by Crippen LogP contribution is -2.52. The number of carbonyl (C=O) groups is 2. The number of benzene rings is 1. The summed E-state index contributed by atoms with van der Waals surface area (Å²) in [5.74, 6) is 0.595. The molecule has 0 bridgehead atoms. The Balaban J connectivity index is 1.67. The van der Waals surface area contributed by atoms with Crippen LogP contribution in [0.25, 0.3) is 0 Å². The Morgan fingerprint density at radius 2 is 1.74 bits per heavy atom. The second kappa shape index (κ2) is 12.6. The van der Waals surface area contributed by atoms with Gasteiger partial charge in [0.25, 0.3) is 0 Å². The number of rotatable bonds is 10. The van der Waals surface area contributed by atoms with E-state index in [0.717, 1.165) is 44.8 Å². The number of nitrogens with one attached hydrogen (secondary N) is 1. The summed E-state index contributed by atoms with van der Waals surface area (Å²) in [6, 6.07) is 13.3. The summed E-state index contributed by atoms with van der Waals surface area (Å²) < 4.78 is 10.9. The van der Waals surface area contributed by atoms with Crippen molar-refractivity contribution in [1.82, 2.24) is 20.0 Å². The molecule has 2 heterocycles. The predicted octanol–water partition coefficient (Wildman–Crippen LogP) is 3.34. The Bertz CT molecular complexity index is 874. The van der Waals surface area contributed by atoms with E-state index in [4.69, 9.17) is 9.15 Å². The van der Waals surface area contributed by atoms with Crippen molar-refractivity contribution in [2.45, 2.75) is 45.8 Å². The number of hydrogen-bond acceptors (Lipinski definition) is 5. The molecule has 0 aliphatic carbocycles. The van der Waals surface area contributed by atoms with Gasteiger partial charge < -0.3 is 24.3 Å². The third-order valence-corrected chi connectivity index (χ3v) is 5.60. The van der Waals surface area contributed by atoms with Crippen LogP contribution in [-0.4, -0.2) is 78.1 Å². The Kier molecular flexibility index (Phi) is 9.53. The van der Waals surface area contributed by atoms with Crippen LogP contribution in [0.4, 0.5) is 4.79 Å². The van der Waals surface area contributed by atoms with Crippen LogP contribution >= 0.6 is 0 Å². The van der Waals surface area contributed by atoms with Crippen LogP contribution in [-0.2, 0) is 22.6 Å². The zero-order valence-electron chi connectivity index (χ0n) is 20.7. The summed E-state index contributed by atoms with van der Waals surface area (Å²) in [6.07, 6.45) is 2.40. The second-order valence-corrected chi connectivity index (χ2v) is 9.72. The van der Waals surface area contributed by atoms with Gasteiger partial charge in [0.05, 0.1) is 26.0 Å². The summed E-state index contributed by atoms with van der Waals surface area (Å²) in [5, 5.41) is 3.01. The molecule has 186 valence electrons. The molecule has 3 amide bonds. The fraction of sp³-hybridized carbons (Fsp3) is 0.538. The first-order chi connectivity index (χ1) is 16.3. The maximum absolute atomic E-state index is 13.5. The van der Waals surface area contributed by atoms with Gasteiger partial charge in [0, 0.05) is 38.3 Å². The second-order valence-electron chi connectivity index (χ2n) is 9.72. The first kappa shape index (κ1) is 25.8. The Morgan fingerprint density at radius 3 is 2.38 bits per heavy atom. The largest absolute Gasteiger partial charge is 0.467 e. The molecule has 2 aromatic rings. The lowest BCUT2D eigenvalue weighted by atomic mass is 10.1. The van der Waals surface area contributed by atoms with E-state index in [1.165, 1.54) is 0 Å². The van der Waals surface area contributed by atoms with Crippen molar-refractivity contribution in [3.8, 4) is 0 Å². The molecule has 1 fully saturated rings. The molecule has 3 rings (SSSR count). The van der Waals surface area contributed by atoms with Crippen molar-refractivity contribution in [3.05, 3.63) is 60.1 Å². The first-order valence-electron chi connectivity index (χ1n) is 12.0. The van der Waals surface area contributed by atoms with E-state index in [-0.39, 0.29) is 24.0 Å². The molecule has 8 nitrogen and oxygen atoms in total. The van der Waals surface area contributed by atoms with E-state index in [1.54, 1.807) is 16.1 Å². The molecule has 0 unspecified atom stereocenters. The average molecular weight is 471 g/mol. The topological polar surface area (TPSA) is 78.3 Å². The third-order valence-electron chi connectivity index (χ3n) is 5.60. The fourth-order valence-electron chi connectivity index (χ4n) is 3.85. The highest BCUT2D eigenvalue weighted by Crippen LogP contribution is 2.12. The van der Waals surface area contributed by atoms with Gasteiger partial charge in [-0.3, -0.25) is 9.69 Å². The number of morpholine rings is 1. The van der Waals surface area contributed by atoms with E-state index in [0.29, 0.717) is 25.4 Å². The highest BCUT2D eigenvalue weighted by atomic mass is 16.5. The fourth-order valence-corrected chi connectivity index (χ4v) is 3.85. The van der Waals surface area contributed by atoms with Gasteiger partial charge in [0.2, 0.25) is 5.91 Å². The third kappa shape index (κ3) is 8.83. The van der Waals surface area contributed by atoms with Crippen LogP contribution in [0.2, 0.25) is 0 Å². The molecule has 1 aliphatic heterocycles. The van der Waals surface area contributed by atoms with Crippen molar-refractivity contribution in [3.63, 3.8) is 0 Å². The van der Waals surface area contributed by atoms with Crippen molar-refractivity contribution in [2.24, 2.45) is 0 Å². The summed E-state index contributed by atoms with van der Waals surface area (Å²) >= 11 is 0. The number of carbonyl (C=O) groups excluding carboxylic acids is 2. The van der Waals surface area contributed by atoms with Crippen LogP contribution in [0.15, 0.2) is 53.1 Å². The summed E-state index contributed by atoms with van der Waals surface area (Å²) in [4.78, 5) is 32.2. The molecule has 1 saturated heterocycles. The maximum atomic E-state index is 13.5. The van der Waals surface area contributed by atoms with Gasteiger partial charge in [-0.05, 0) is 44.9 Å². The minimum atomic E-state index is -0.388.